The average Bonchev–Trinajstić information content (AvgIpc) is 2.92. The number of nitrogens with one attached hydrogen (secondary N) is 2. The lowest BCUT2D eigenvalue weighted by molar-refractivity contribution is -0.137. The average molecular weight is 589 g/mol. The van der Waals surface area contributed by atoms with Gasteiger partial charge < -0.3 is 10.1 Å². The van der Waals surface area contributed by atoms with Gasteiger partial charge in [-0.2, -0.15) is 13.2 Å². The fourth-order valence-electron chi connectivity index (χ4n) is 3.58. The molecule has 0 aliphatic carbocycles. The summed E-state index contributed by atoms with van der Waals surface area (Å²) in [5, 5.41) is 2.92. The molecule has 40 heavy (non-hydrogen) atoms. The fraction of sp³-hybridized carbons (Fsp3) is 0.0714. The lowest BCUT2D eigenvalue weighted by atomic mass is 10.0. The van der Waals surface area contributed by atoms with Crippen LogP contribution in [0.15, 0.2) is 102 Å². The summed E-state index contributed by atoms with van der Waals surface area (Å²) in [4.78, 5) is 25.2. The Morgan fingerprint density at radius 2 is 1.55 bits per heavy atom. The van der Waals surface area contributed by atoms with Crippen LogP contribution in [0.4, 0.5) is 24.5 Å². The maximum Gasteiger partial charge on any atom is 0.416 e. The van der Waals surface area contributed by atoms with Gasteiger partial charge in [0, 0.05) is 21.8 Å². The quantitative estimate of drug-likeness (QED) is 0.220. The van der Waals surface area contributed by atoms with Crippen molar-refractivity contribution >= 4 is 44.7 Å². The zero-order chi connectivity index (χ0) is 28.9. The minimum Gasteiger partial charge on any atom is -0.484 e. The van der Waals surface area contributed by atoms with Crippen LogP contribution in [-0.2, 0) is 21.0 Å². The van der Waals surface area contributed by atoms with Crippen LogP contribution in [0.2, 0.25) is 5.02 Å². The van der Waals surface area contributed by atoms with Crippen molar-refractivity contribution in [3.05, 3.63) is 119 Å². The molecule has 2 N–H and O–H groups in total. The molecule has 4 aromatic carbocycles. The predicted molar refractivity (Wildman–Crippen MR) is 144 cm³/mol. The number of carbonyl (C=O) groups excluding carboxylic acids is 2. The highest BCUT2D eigenvalue weighted by Crippen LogP contribution is 2.31. The number of carbonyl (C=O) groups is 2. The normalized spacial score (nSPS) is 11.5. The first-order valence-corrected chi connectivity index (χ1v) is 13.4. The Morgan fingerprint density at radius 3 is 2.23 bits per heavy atom. The van der Waals surface area contributed by atoms with Crippen LogP contribution in [0, 0.1) is 0 Å². The molecule has 0 fully saturated rings. The molecule has 0 aliphatic rings. The molecule has 0 saturated heterocycles. The molecule has 0 unspecified atom stereocenters. The number of hydrogen-bond donors (Lipinski definition) is 2. The van der Waals surface area contributed by atoms with Gasteiger partial charge in [0.05, 0.1) is 16.1 Å². The first-order valence-electron chi connectivity index (χ1n) is 11.5. The van der Waals surface area contributed by atoms with Crippen molar-refractivity contribution in [2.75, 3.05) is 16.6 Å². The van der Waals surface area contributed by atoms with Gasteiger partial charge in [0.1, 0.15) is 5.75 Å². The number of halogens is 4. The molecule has 12 heteroatoms. The molecule has 0 saturated carbocycles. The molecule has 0 aliphatic heterocycles. The van der Waals surface area contributed by atoms with Gasteiger partial charge in [-0.05, 0) is 60.7 Å². The van der Waals surface area contributed by atoms with Crippen molar-refractivity contribution in [2.24, 2.45) is 0 Å². The maximum absolute atomic E-state index is 12.9. The summed E-state index contributed by atoms with van der Waals surface area (Å²) in [7, 11) is -4.20. The Hall–Kier alpha value is -4.35. The largest absolute Gasteiger partial charge is 0.484 e. The van der Waals surface area contributed by atoms with Gasteiger partial charge in [-0.15, -0.1) is 0 Å². The minimum atomic E-state index is -4.63. The number of amides is 1. The lowest BCUT2D eigenvalue weighted by Crippen LogP contribution is -2.21. The van der Waals surface area contributed by atoms with E-state index in [0.717, 1.165) is 12.1 Å². The first-order chi connectivity index (χ1) is 18.9. The van der Waals surface area contributed by atoms with E-state index in [9.17, 15) is 31.2 Å². The standard InChI is InChI=1S/C28H20ClF3N2O5S/c29-20-9-14-25(24(16-20)27(36)18-5-2-1-3-6-18)33-26(35)17-39-22-10-12-23(13-11-22)40(37,38)34-21-8-4-7-19(15-21)28(30,31)32/h1-16,34H,17H2,(H,33,35). The Labute approximate surface area is 232 Å². The molecule has 4 aromatic rings. The van der Waals surface area contributed by atoms with Gasteiger partial charge in [-0.25, -0.2) is 8.42 Å². The molecule has 0 heterocycles. The second-order valence-corrected chi connectivity index (χ2v) is 10.5. The van der Waals surface area contributed by atoms with E-state index in [-0.39, 0.29) is 33.4 Å². The Kier molecular flexibility index (Phi) is 8.46. The Balaban J connectivity index is 1.39. The Morgan fingerprint density at radius 1 is 0.850 bits per heavy atom. The van der Waals surface area contributed by atoms with Crippen molar-refractivity contribution in [1.82, 2.24) is 0 Å². The third kappa shape index (κ3) is 7.19. The molecule has 1 amide bonds. The highest BCUT2D eigenvalue weighted by molar-refractivity contribution is 7.92. The van der Waals surface area contributed by atoms with E-state index in [0.29, 0.717) is 16.7 Å². The molecule has 0 bridgehead atoms. The van der Waals surface area contributed by atoms with Gasteiger partial charge in [-0.3, -0.25) is 14.3 Å². The van der Waals surface area contributed by atoms with Crippen molar-refractivity contribution in [3.63, 3.8) is 0 Å². The van der Waals surface area contributed by atoms with Gasteiger partial charge >= 0.3 is 6.18 Å². The van der Waals surface area contributed by atoms with Gasteiger partial charge in [0.25, 0.3) is 15.9 Å². The number of ether oxygens (including phenoxy) is 1. The fourth-order valence-corrected chi connectivity index (χ4v) is 4.80. The predicted octanol–water partition coefficient (Wildman–Crippen LogP) is 6.41. The third-order valence-corrected chi connectivity index (χ3v) is 7.11. The van der Waals surface area contributed by atoms with Gasteiger partial charge in [0.2, 0.25) is 0 Å². The number of alkyl halides is 3. The maximum atomic E-state index is 12.9. The zero-order valence-electron chi connectivity index (χ0n) is 20.4. The first kappa shape index (κ1) is 28.7. The number of benzene rings is 4. The number of anilines is 2. The summed E-state index contributed by atoms with van der Waals surface area (Å²) < 4.78 is 71.5. The summed E-state index contributed by atoms with van der Waals surface area (Å²) >= 11 is 6.06. The molecular weight excluding hydrogens is 569 g/mol. The molecule has 0 atom stereocenters. The van der Waals surface area contributed by atoms with E-state index >= 15 is 0 Å². The van der Waals surface area contributed by atoms with Crippen LogP contribution in [0.25, 0.3) is 0 Å². The third-order valence-electron chi connectivity index (χ3n) is 5.48. The van der Waals surface area contributed by atoms with Crippen LogP contribution in [-0.4, -0.2) is 26.7 Å². The van der Waals surface area contributed by atoms with E-state index in [1.165, 1.54) is 48.5 Å². The molecule has 0 spiro atoms. The molecule has 4 rings (SSSR count). The number of hydrogen-bond acceptors (Lipinski definition) is 5. The van der Waals surface area contributed by atoms with Crippen molar-refractivity contribution in [3.8, 4) is 5.75 Å². The van der Waals surface area contributed by atoms with Gasteiger partial charge in [0.15, 0.2) is 12.4 Å². The second kappa shape index (κ2) is 11.8. The van der Waals surface area contributed by atoms with Crippen molar-refractivity contribution in [1.29, 1.82) is 0 Å². The van der Waals surface area contributed by atoms with Gasteiger partial charge in [-0.1, -0.05) is 48.0 Å². The number of sulfonamides is 1. The van der Waals surface area contributed by atoms with Crippen LogP contribution in [0.3, 0.4) is 0 Å². The zero-order valence-corrected chi connectivity index (χ0v) is 22.0. The highest BCUT2D eigenvalue weighted by atomic mass is 35.5. The smallest absolute Gasteiger partial charge is 0.416 e. The Bertz CT molecular complexity index is 1650. The highest BCUT2D eigenvalue weighted by Gasteiger charge is 2.30. The summed E-state index contributed by atoms with van der Waals surface area (Å²) in [5.41, 5.74) is -0.415. The lowest BCUT2D eigenvalue weighted by Gasteiger charge is -2.13. The van der Waals surface area contributed by atoms with Crippen LogP contribution in [0.5, 0.6) is 5.75 Å². The van der Waals surface area contributed by atoms with Crippen LogP contribution < -0.4 is 14.8 Å². The minimum absolute atomic E-state index is 0.157. The molecule has 0 aromatic heterocycles. The molecule has 7 nitrogen and oxygen atoms in total. The summed E-state index contributed by atoms with van der Waals surface area (Å²) in [6.45, 7) is -0.462. The van der Waals surface area contributed by atoms with Crippen LogP contribution in [0.1, 0.15) is 21.5 Å². The number of ketones is 1. The van der Waals surface area contributed by atoms with E-state index < -0.39 is 34.3 Å². The van der Waals surface area contributed by atoms with E-state index in [1.54, 1.807) is 30.3 Å². The molecular formula is C28H20ClF3N2O5S. The topological polar surface area (TPSA) is 102 Å². The van der Waals surface area contributed by atoms with E-state index in [2.05, 4.69) is 10.0 Å². The monoisotopic (exact) mass is 588 g/mol. The number of rotatable bonds is 9. The summed E-state index contributed by atoms with van der Waals surface area (Å²) in [6.07, 6.45) is -4.63. The van der Waals surface area contributed by atoms with E-state index in [1.807, 2.05) is 0 Å². The van der Waals surface area contributed by atoms with Crippen molar-refractivity contribution < 1.29 is 35.9 Å². The second-order valence-electron chi connectivity index (χ2n) is 8.38. The van der Waals surface area contributed by atoms with E-state index in [4.69, 9.17) is 16.3 Å². The summed E-state index contributed by atoms with van der Waals surface area (Å²) in [6, 6.07) is 21.7. The molecule has 0 radical (unpaired) electrons. The van der Waals surface area contributed by atoms with Crippen LogP contribution >= 0.6 is 11.6 Å². The molecule has 206 valence electrons. The van der Waals surface area contributed by atoms with Crippen molar-refractivity contribution in [2.45, 2.75) is 11.1 Å². The SMILES string of the molecule is O=C(COc1ccc(S(=O)(=O)Nc2cccc(C(F)(F)F)c2)cc1)Nc1ccc(Cl)cc1C(=O)c1ccccc1. The summed E-state index contributed by atoms with van der Waals surface area (Å²) in [5.74, 6) is -0.771.